The molecule has 2 aromatic carbocycles. The van der Waals surface area contributed by atoms with E-state index in [0.29, 0.717) is 17.5 Å². The van der Waals surface area contributed by atoms with Crippen molar-refractivity contribution in [3.05, 3.63) is 90.9 Å². The van der Waals surface area contributed by atoms with Crippen LogP contribution < -0.4 is 5.32 Å². The third-order valence-corrected chi connectivity index (χ3v) is 6.32. The summed E-state index contributed by atoms with van der Waals surface area (Å²) in [5.74, 6) is 1.66. The predicted octanol–water partition coefficient (Wildman–Crippen LogP) is 5.67. The molecule has 0 spiro atoms. The van der Waals surface area contributed by atoms with Crippen molar-refractivity contribution in [1.82, 2.24) is 20.1 Å². The number of allylic oxidation sites excluding steroid dienone is 1. The Morgan fingerprint density at radius 2 is 1.85 bits per heavy atom. The highest BCUT2D eigenvalue weighted by Crippen LogP contribution is 2.27. The van der Waals surface area contributed by atoms with Gasteiger partial charge in [-0.25, -0.2) is 0 Å². The van der Waals surface area contributed by atoms with Crippen molar-refractivity contribution in [2.24, 2.45) is 0 Å². The van der Waals surface area contributed by atoms with E-state index < -0.39 is 0 Å². The number of nitrogens with zero attached hydrogens (tertiary/aromatic N) is 3. The Labute approximate surface area is 197 Å². The van der Waals surface area contributed by atoms with E-state index in [1.807, 2.05) is 42.7 Å². The molecular weight excluding hydrogens is 432 g/mol. The van der Waals surface area contributed by atoms with Crippen LogP contribution in [0.4, 0.5) is 0 Å². The number of furan rings is 1. The summed E-state index contributed by atoms with van der Waals surface area (Å²) in [4.78, 5) is 12.6. The summed E-state index contributed by atoms with van der Waals surface area (Å²) in [7, 11) is 0. The first-order valence-corrected chi connectivity index (χ1v) is 11.7. The van der Waals surface area contributed by atoms with Crippen LogP contribution in [0.15, 0.2) is 89.2 Å². The lowest BCUT2D eigenvalue weighted by atomic mass is 10.0. The van der Waals surface area contributed by atoms with E-state index >= 15 is 0 Å². The van der Waals surface area contributed by atoms with Crippen LogP contribution in [0, 0.1) is 6.92 Å². The van der Waals surface area contributed by atoms with E-state index in [1.165, 1.54) is 17.3 Å². The molecule has 0 aliphatic rings. The fourth-order valence-electron chi connectivity index (χ4n) is 3.60. The minimum Gasteiger partial charge on any atom is -0.469 e. The molecule has 0 radical (unpaired) electrons. The Hall–Kier alpha value is -3.58. The highest BCUT2D eigenvalue weighted by molar-refractivity contribution is 7.99. The summed E-state index contributed by atoms with van der Waals surface area (Å²) in [5.41, 5.74) is 4.26. The molecule has 2 heterocycles. The fourth-order valence-corrected chi connectivity index (χ4v) is 4.36. The molecule has 6 nitrogen and oxygen atoms in total. The molecule has 0 aliphatic heterocycles. The van der Waals surface area contributed by atoms with Crippen LogP contribution in [0.3, 0.4) is 0 Å². The van der Waals surface area contributed by atoms with Crippen molar-refractivity contribution in [3.8, 4) is 22.5 Å². The van der Waals surface area contributed by atoms with Gasteiger partial charge in [0.05, 0.1) is 23.6 Å². The van der Waals surface area contributed by atoms with Gasteiger partial charge in [-0.3, -0.25) is 9.36 Å². The molecule has 0 fully saturated rings. The number of rotatable bonds is 9. The Balaban J connectivity index is 1.38. The Bertz CT molecular complexity index is 1230. The maximum absolute atomic E-state index is 12.6. The van der Waals surface area contributed by atoms with Crippen LogP contribution in [-0.4, -0.2) is 26.4 Å². The summed E-state index contributed by atoms with van der Waals surface area (Å²) in [6.07, 6.45) is 3.42. The minimum atomic E-state index is -0.0990. The van der Waals surface area contributed by atoms with Crippen LogP contribution >= 0.6 is 11.8 Å². The molecular formula is C26H26N4O2S. The van der Waals surface area contributed by atoms with E-state index in [4.69, 9.17) is 4.42 Å². The van der Waals surface area contributed by atoms with Gasteiger partial charge in [0, 0.05) is 6.54 Å². The second kappa shape index (κ2) is 10.4. The number of amides is 1. The first kappa shape index (κ1) is 22.6. The first-order valence-electron chi connectivity index (χ1n) is 10.7. The summed E-state index contributed by atoms with van der Waals surface area (Å²) >= 11 is 1.35. The van der Waals surface area contributed by atoms with Crippen LogP contribution in [-0.2, 0) is 11.3 Å². The lowest BCUT2D eigenvalue weighted by Crippen LogP contribution is -2.28. The van der Waals surface area contributed by atoms with Crippen molar-refractivity contribution in [2.75, 3.05) is 5.75 Å². The van der Waals surface area contributed by atoms with Gasteiger partial charge in [0.2, 0.25) is 5.91 Å². The van der Waals surface area contributed by atoms with Crippen LogP contribution in [0.5, 0.6) is 0 Å². The number of aromatic nitrogens is 3. The topological polar surface area (TPSA) is 73.0 Å². The normalized spacial score (nSPS) is 11.8. The minimum absolute atomic E-state index is 0.0613. The van der Waals surface area contributed by atoms with Crippen molar-refractivity contribution < 1.29 is 9.21 Å². The van der Waals surface area contributed by atoms with Crippen LogP contribution in [0.1, 0.15) is 24.3 Å². The van der Waals surface area contributed by atoms with Gasteiger partial charge >= 0.3 is 0 Å². The maximum Gasteiger partial charge on any atom is 0.230 e. The zero-order valence-corrected chi connectivity index (χ0v) is 19.5. The quantitative estimate of drug-likeness (QED) is 0.258. The SMILES string of the molecule is C=CCn1c(SCC(=O)N[C@H](C)c2ccc(-c3ccccc3)cc2)nnc1-c1ccoc1C. The maximum atomic E-state index is 12.6. The zero-order chi connectivity index (χ0) is 23.2. The van der Waals surface area contributed by atoms with Gasteiger partial charge in [-0.2, -0.15) is 0 Å². The summed E-state index contributed by atoms with van der Waals surface area (Å²) in [6, 6.07) is 20.3. The highest BCUT2D eigenvalue weighted by Gasteiger charge is 2.18. The van der Waals surface area contributed by atoms with E-state index in [2.05, 4.69) is 58.5 Å². The van der Waals surface area contributed by atoms with Crippen LogP contribution in [0.2, 0.25) is 0 Å². The molecule has 0 saturated carbocycles. The summed E-state index contributed by atoms with van der Waals surface area (Å²) in [6.45, 7) is 8.24. The lowest BCUT2D eigenvalue weighted by Gasteiger charge is -2.15. The molecule has 0 bridgehead atoms. The molecule has 0 saturated heterocycles. The Morgan fingerprint density at radius 3 is 2.52 bits per heavy atom. The molecule has 4 rings (SSSR count). The van der Waals surface area contributed by atoms with Gasteiger partial charge in [0.25, 0.3) is 0 Å². The molecule has 4 aromatic rings. The number of aryl methyl sites for hydroxylation is 1. The van der Waals surface area contributed by atoms with Crippen molar-refractivity contribution in [3.63, 3.8) is 0 Å². The van der Waals surface area contributed by atoms with Gasteiger partial charge in [-0.15, -0.1) is 16.8 Å². The number of thioether (sulfide) groups is 1. The second-order valence-electron chi connectivity index (χ2n) is 7.66. The Morgan fingerprint density at radius 1 is 1.12 bits per heavy atom. The third-order valence-electron chi connectivity index (χ3n) is 5.36. The van der Waals surface area contributed by atoms with E-state index in [1.54, 1.807) is 12.3 Å². The number of carbonyl (C=O) groups excluding carboxylic acids is 1. The van der Waals surface area contributed by atoms with Gasteiger partial charge in [-0.1, -0.05) is 72.4 Å². The van der Waals surface area contributed by atoms with E-state index in [9.17, 15) is 4.79 Å². The molecule has 7 heteroatoms. The van der Waals surface area contributed by atoms with Crippen LogP contribution in [0.25, 0.3) is 22.5 Å². The smallest absolute Gasteiger partial charge is 0.230 e. The monoisotopic (exact) mass is 458 g/mol. The molecule has 33 heavy (non-hydrogen) atoms. The molecule has 0 unspecified atom stereocenters. The first-order chi connectivity index (χ1) is 16.1. The number of hydrogen-bond acceptors (Lipinski definition) is 5. The lowest BCUT2D eigenvalue weighted by molar-refractivity contribution is -0.119. The molecule has 1 atom stereocenters. The van der Waals surface area contributed by atoms with Crippen molar-refractivity contribution >= 4 is 17.7 Å². The van der Waals surface area contributed by atoms with Gasteiger partial charge < -0.3 is 9.73 Å². The standard InChI is InChI=1S/C26H26N4O2S/c1-4-15-30-25(23-14-16-32-19(23)3)28-29-26(30)33-17-24(31)27-18(2)20-10-12-22(13-11-20)21-8-6-5-7-9-21/h4-14,16,18H,1,15,17H2,2-3H3,(H,27,31)/t18-/m1/s1. The highest BCUT2D eigenvalue weighted by atomic mass is 32.2. The fraction of sp³-hybridized carbons (Fsp3) is 0.192. The predicted molar refractivity (Wildman–Crippen MR) is 132 cm³/mol. The van der Waals surface area contributed by atoms with Gasteiger partial charge in [-0.05, 0) is 36.6 Å². The number of hydrogen-bond donors (Lipinski definition) is 1. The average molecular weight is 459 g/mol. The molecule has 1 N–H and O–H groups in total. The zero-order valence-electron chi connectivity index (χ0n) is 18.7. The van der Waals surface area contributed by atoms with E-state index in [-0.39, 0.29) is 17.7 Å². The summed E-state index contributed by atoms with van der Waals surface area (Å²) < 4.78 is 7.34. The number of benzene rings is 2. The number of carbonyl (C=O) groups is 1. The van der Waals surface area contributed by atoms with Crippen molar-refractivity contribution in [1.29, 1.82) is 0 Å². The molecule has 2 aromatic heterocycles. The molecule has 1 amide bonds. The number of nitrogens with one attached hydrogen (secondary N) is 1. The largest absolute Gasteiger partial charge is 0.469 e. The third kappa shape index (κ3) is 5.26. The molecule has 168 valence electrons. The van der Waals surface area contributed by atoms with E-state index in [0.717, 1.165) is 22.5 Å². The summed E-state index contributed by atoms with van der Waals surface area (Å²) in [5, 5.41) is 12.3. The van der Waals surface area contributed by atoms with Crippen molar-refractivity contribution in [2.45, 2.75) is 31.6 Å². The molecule has 0 aliphatic carbocycles. The average Bonchev–Trinajstić information content (AvgIpc) is 3.44. The van der Waals surface area contributed by atoms with Gasteiger partial charge in [0.1, 0.15) is 5.76 Å². The second-order valence-corrected chi connectivity index (χ2v) is 8.60. The Kier molecular flexibility index (Phi) is 7.10. The van der Waals surface area contributed by atoms with Gasteiger partial charge in [0.15, 0.2) is 11.0 Å².